The summed E-state index contributed by atoms with van der Waals surface area (Å²) in [6, 6.07) is 3.08. The maximum Gasteiger partial charge on any atom is 0.233 e. The van der Waals surface area contributed by atoms with Gasteiger partial charge in [0.2, 0.25) is 11.8 Å². The lowest BCUT2D eigenvalue weighted by atomic mass is 10.1. The molecule has 0 saturated carbocycles. The van der Waals surface area contributed by atoms with Crippen molar-refractivity contribution < 1.29 is 9.59 Å². The fourth-order valence-corrected chi connectivity index (χ4v) is 2.48. The molecule has 1 saturated heterocycles. The van der Waals surface area contributed by atoms with Crippen molar-refractivity contribution in [3.8, 4) is 0 Å². The van der Waals surface area contributed by atoms with Crippen LogP contribution in [0.4, 0.5) is 5.69 Å². The molecule has 0 aliphatic carbocycles. The number of hydrogen-bond donors (Lipinski definition) is 1. The van der Waals surface area contributed by atoms with E-state index in [0.29, 0.717) is 5.69 Å². The van der Waals surface area contributed by atoms with Crippen molar-refractivity contribution in [2.75, 3.05) is 18.4 Å². The molecule has 1 aliphatic rings. The molecule has 2 rings (SSSR count). The van der Waals surface area contributed by atoms with Crippen molar-refractivity contribution in [2.45, 2.75) is 25.7 Å². The predicted octanol–water partition coefficient (Wildman–Crippen LogP) is 2.73. The third kappa shape index (κ3) is 4.08. The van der Waals surface area contributed by atoms with Crippen LogP contribution in [0.1, 0.15) is 25.7 Å². The third-order valence-corrected chi connectivity index (χ3v) is 3.61. The Kier molecular flexibility index (Phi) is 5.20. The van der Waals surface area contributed by atoms with Gasteiger partial charge in [0.1, 0.15) is 11.6 Å². The number of nitrogens with one attached hydrogen (secondary N) is 1. The normalized spacial score (nSPS) is 15.0. The minimum Gasteiger partial charge on any atom is -0.342 e. The van der Waals surface area contributed by atoms with Gasteiger partial charge in [0, 0.05) is 13.1 Å². The van der Waals surface area contributed by atoms with Crippen LogP contribution in [0.3, 0.4) is 0 Å². The first-order valence-corrected chi connectivity index (χ1v) is 7.21. The van der Waals surface area contributed by atoms with Gasteiger partial charge in [-0.3, -0.25) is 9.59 Å². The van der Waals surface area contributed by atoms with Gasteiger partial charge < -0.3 is 10.2 Å². The van der Waals surface area contributed by atoms with Crippen LogP contribution in [0.25, 0.3) is 0 Å². The van der Waals surface area contributed by atoms with Crippen LogP contribution >= 0.6 is 23.2 Å². The zero-order chi connectivity index (χ0) is 14.5. The topological polar surface area (TPSA) is 62.3 Å². The zero-order valence-corrected chi connectivity index (χ0v) is 12.4. The highest BCUT2D eigenvalue weighted by molar-refractivity contribution is 6.34. The molecule has 1 N–H and O–H groups in total. The molecule has 1 aromatic rings. The highest BCUT2D eigenvalue weighted by atomic mass is 35.5. The monoisotopic (exact) mass is 315 g/mol. The molecule has 7 heteroatoms. The number of carbonyl (C=O) groups excluding carboxylic acids is 2. The van der Waals surface area contributed by atoms with E-state index in [-0.39, 0.29) is 22.6 Å². The number of piperidine rings is 1. The third-order valence-electron chi connectivity index (χ3n) is 3.11. The Balaban J connectivity index is 1.90. The summed E-state index contributed by atoms with van der Waals surface area (Å²) in [7, 11) is 0. The number of halogens is 2. The number of hydrogen-bond acceptors (Lipinski definition) is 3. The van der Waals surface area contributed by atoms with Crippen molar-refractivity contribution in [3.05, 3.63) is 22.4 Å². The van der Waals surface area contributed by atoms with E-state index in [9.17, 15) is 9.59 Å². The Morgan fingerprint density at radius 1 is 1.20 bits per heavy atom. The van der Waals surface area contributed by atoms with Crippen LogP contribution in [-0.4, -0.2) is 34.8 Å². The van der Waals surface area contributed by atoms with Crippen molar-refractivity contribution in [3.63, 3.8) is 0 Å². The van der Waals surface area contributed by atoms with E-state index in [0.717, 1.165) is 32.4 Å². The minimum absolute atomic E-state index is 0.108. The lowest BCUT2D eigenvalue weighted by Gasteiger charge is -2.26. The standard InChI is InChI=1S/C13H15Cl2N3O2/c14-10-5-4-9(13(15)17-10)16-11(19)8-12(20)18-6-2-1-3-7-18/h4-5H,1-3,6-8H2,(H,16,19). The fourth-order valence-electron chi connectivity index (χ4n) is 2.09. The van der Waals surface area contributed by atoms with Crippen LogP contribution in [0.2, 0.25) is 10.3 Å². The summed E-state index contributed by atoms with van der Waals surface area (Å²) in [6.07, 6.45) is 2.96. The maximum atomic E-state index is 11.9. The molecule has 0 unspecified atom stereocenters. The van der Waals surface area contributed by atoms with Gasteiger partial charge in [0.05, 0.1) is 5.69 Å². The highest BCUT2D eigenvalue weighted by Crippen LogP contribution is 2.21. The van der Waals surface area contributed by atoms with Crippen molar-refractivity contribution in [1.82, 2.24) is 9.88 Å². The predicted molar refractivity (Wildman–Crippen MR) is 77.9 cm³/mol. The number of anilines is 1. The number of likely N-dealkylation sites (tertiary alicyclic amines) is 1. The van der Waals surface area contributed by atoms with E-state index in [1.54, 1.807) is 11.0 Å². The molecule has 0 atom stereocenters. The largest absolute Gasteiger partial charge is 0.342 e. The number of amides is 2. The maximum absolute atomic E-state index is 11.9. The van der Waals surface area contributed by atoms with E-state index in [4.69, 9.17) is 23.2 Å². The summed E-state index contributed by atoms with van der Waals surface area (Å²) >= 11 is 11.5. The molecule has 5 nitrogen and oxygen atoms in total. The van der Waals surface area contributed by atoms with Gasteiger partial charge in [0.15, 0.2) is 5.15 Å². The summed E-state index contributed by atoms with van der Waals surface area (Å²) in [5.41, 5.74) is 0.354. The summed E-state index contributed by atoms with van der Waals surface area (Å²) in [4.78, 5) is 29.3. The quantitative estimate of drug-likeness (QED) is 0.689. The second-order valence-electron chi connectivity index (χ2n) is 4.64. The Hall–Kier alpha value is -1.33. The number of carbonyl (C=O) groups is 2. The van der Waals surface area contributed by atoms with Crippen molar-refractivity contribution >= 4 is 40.7 Å². The number of aromatic nitrogens is 1. The Morgan fingerprint density at radius 2 is 1.90 bits per heavy atom. The lowest BCUT2D eigenvalue weighted by molar-refractivity contribution is -0.135. The molecule has 0 aromatic carbocycles. The molecule has 0 spiro atoms. The molecular formula is C13H15Cl2N3O2. The first kappa shape index (κ1) is 15.1. The molecule has 1 fully saturated rings. The average Bonchev–Trinajstić information content (AvgIpc) is 2.43. The van der Waals surface area contributed by atoms with Gasteiger partial charge in [-0.1, -0.05) is 23.2 Å². The molecular weight excluding hydrogens is 301 g/mol. The Morgan fingerprint density at radius 3 is 2.55 bits per heavy atom. The van der Waals surface area contributed by atoms with E-state index < -0.39 is 5.91 Å². The average molecular weight is 316 g/mol. The summed E-state index contributed by atoms with van der Waals surface area (Å²) in [5.74, 6) is -0.549. The minimum atomic E-state index is -0.397. The molecule has 0 radical (unpaired) electrons. The van der Waals surface area contributed by atoms with Gasteiger partial charge in [-0.2, -0.15) is 0 Å². The first-order valence-electron chi connectivity index (χ1n) is 6.46. The fraction of sp³-hybridized carbons (Fsp3) is 0.462. The first-order chi connectivity index (χ1) is 9.56. The summed E-state index contributed by atoms with van der Waals surface area (Å²) < 4.78 is 0. The second kappa shape index (κ2) is 6.90. The summed E-state index contributed by atoms with van der Waals surface area (Å²) in [5, 5.41) is 2.92. The molecule has 20 heavy (non-hydrogen) atoms. The Labute approximate surface area is 127 Å². The number of rotatable bonds is 3. The van der Waals surface area contributed by atoms with Gasteiger partial charge in [-0.25, -0.2) is 4.98 Å². The molecule has 2 heterocycles. The van der Waals surface area contributed by atoms with Gasteiger partial charge in [-0.15, -0.1) is 0 Å². The van der Waals surface area contributed by atoms with Crippen LogP contribution in [0.5, 0.6) is 0 Å². The van der Waals surface area contributed by atoms with Crippen molar-refractivity contribution in [2.24, 2.45) is 0 Å². The van der Waals surface area contributed by atoms with E-state index in [1.807, 2.05) is 0 Å². The summed E-state index contributed by atoms with van der Waals surface area (Å²) in [6.45, 7) is 1.46. The van der Waals surface area contributed by atoms with Crippen LogP contribution in [0, 0.1) is 0 Å². The highest BCUT2D eigenvalue weighted by Gasteiger charge is 2.19. The Bertz CT molecular complexity index is 516. The smallest absolute Gasteiger partial charge is 0.233 e. The SMILES string of the molecule is O=C(CC(=O)N1CCCCC1)Nc1ccc(Cl)nc1Cl. The van der Waals surface area contributed by atoms with Crippen molar-refractivity contribution in [1.29, 1.82) is 0 Å². The van der Waals surface area contributed by atoms with Crippen LogP contribution in [0.15, 0.2) is 12.1 Å². The van der Waals surface area contributed by atoms with E-state index in [1.165, 1.54) is 6.07 Å². The lowest BCUT2D eigenvalue weighted by Crippen LogP contribution is -2.37. The van der Waals surface area contributed by atoms with Crippen LogP contribution in [-0.2, 0) is 9.59 Å². The molecule has 1 aromatic heterocycles. The molecule has 2 amide bonds. The van der Waals surface area contributed by atoms with E-state index in [2.05, 4.69) is 10.3 Å². The van der Waals surface area contributed by atoms with Crippen LogP contribution < -0.4 is 5.32 Å². The van der Waals surface area contributed by atoms with E-state index >= 15 is 0 Å². The van der Waals surface area contributed by atoms with Gasteiger partial charge in [0.25, 0.3) is 0 Å². The number of pyridine rings is 1. The van der Waals surface area contributed by atoms with Gasteiger partial charge in [-0.05, 0) is 31.4 Å². The number of nitrogens with zero attached hydrogens (tertiary/aromatic N) is 2. The second-order valence-corrected chi connectivity index (χ2v) is 5.38. The molecule has 108 valence electrons. The molecule has 0 bridgehead atoms. The van der Waals surface area contributed by atoms with Gasteiger partial charge >= 0.3 is 0 Å². The molecule has 1 aliphatic heterocycles. The zero-order valence-electron chi connectivity index (χ0n) is 10.9.